The normalized spacial score (nSPS) is 52.2. The van der Waals surface area contributed by atoms with Crippen LogP contribution in [0.1, 0.15) is 83.5 Å². The molecule has 0 bridgehead atoms. The van der Waals surface area contributed by atoms with Gasteiger partial charge in [-0.25, -0.2) is 0 Å². The van der Waals surface area contributed by atoms with E-state index in [2.05, 4.69) is 0 Å². The summed E-state index contributed by atoms with van der Waals surface area (Å²) in [6, 6.07) is 0. The Balaban J connectivity index is 1.39. The molecule has 5 fully saturated rings. The van der Waals surface area contributed by atoms with E-state index < -0.39 is 5.97 Å². The van der Waals surface area contributed by atoms with Crippen LogP contribution in [0, 0.1) is 53.3 Å². The van der Waals surface area contributed by atoms with Gasteiger partial charge in [0.05, 0.1) is 5.92 Å². The van der Waals surface area contributed by atoms with Crippen LogP contribution in [0.25, 0.3) is 0 Å². The van der Waals surface area contributed by atoms with Crippen molar-refractivity contribution in [2.24, 2.45) is 53.3 Å². The van der Waals surface area contributed by atoms with Crippen LogP contribution in [-0.4, -0.2) is 11.1 Å². The van der Waals surface area contributed by atoms with Crippen LogP contribution < -0.4 is 0 Å². The molecule has 0 aliphatic heterocycles. The molecule has 0 spiro atoms. The summed E-state index contributed by atoms with van der Waals surface area (Å²) in [4.78, 5) is 12.0. The lowest BCUT2D eigenvalue weighted by Gasteiger charge is -2.58. The molecule has 0 saturated heterocycles. The Morgan fingerprint density at radius 3 is 2.00 bits per heavy atom. The van der Waals surface area contributed by atoms with Crippen molar-refractivity contribution in [1.82, 2.24) is 0 Å². The molecule has 5 saturated carbocycles. The van der Waals surface area contributed by atoms with Crippen molar-refractivity contribution in [2.45, 2.75) is 83.5 Å². The molecule has 0 aromatic heterocycles. The van der Waals surface area contributed by atoms with Gasteiger partial charge in [-0.3, -0.25) is 4.79 Å². The molecule has 0 aromatic rings. The Morgan fingerprint density at radius 2 is 1.16 bits per heavy atom. The topological polar surface area (TPSA) is 37.3 Å². The average molecular weight is 345 g/mol. The minimum atomic E-state index is -0.478. The maximum atomic E-state index is 12.0. The zero-order chi connectivity index (χ0) is 17.0. The van der Waals surface area contributed by atoms with Gasteiger partial charge in [-0.1, -0.05) is 32.1 Å². The second-order valence-corrected chi connectivity index (χ2v) is 10.3. The first kappa shape index (κ1) is 16.6. The van der Waals surface area contributed by atoms with Gasteiger partial charge in [0, 0.05) is 0 Å². The lowest BCUT2D eigenvalue weighted by Crippen LogP contribution is -2.52. The Bertz CT molecular complexity index is 514. The highest BCUT2D eigenvalue weighted by atomic mass is 16.4. The summed E-state index contributed by atoms with van der Waals surface area (Å²) in [6.07, 6.45) is 17.9. The summed E-state index contributed by atoms with van der Waals surface area (Å²) in [6.45, 7) is 0. The smallest absolute Gasteiger partial charge is 0.306 e. The highest BCUT2D eigenvalue weighted by Gasteiger charge is 2.54. The number of hydrogen-bond acceptors (Lipinski definition) is 1. The van der Waals surface area contributed by atoms with Crippen molar-refractivity contribution in [1.29, 1.82) is 0 Å². The maximum Gasteiger partial charge on any atom is 0.306 e. The molecule has 0 amide bonds. The van der Waals surface area contributed by atoms with Gasteiger partial charge in [0.2, 0.25) is 0 Å². The Labute approximate surface area is 153 Å². The molecular weight excluding hydrogens is 308 g/mol. The molecule has 9 atom stereocenters. The summed E-state index contributed by atoms with van der Waals surface area (Å²) in [5, 5.41) is 9.85. The predicted molar refractivity (Wildman–Crippen MR) is 99.1 cm³/mol. The minimum absolute atomic E-state index is 0.0193. The number of aliphatic carboxylic acids is 1. The fraction of sp³-hybridized carbons (Fsp3) is 0.957. The van der Waals surface area contributed by atoms with E-state index in [1.807, 2.05) is 0 Å². The molecule has 1 N–H and O–H groups in total. The SMILES string of the molecule is O=C(O)C1CCCC2CCC3C4CCC5CCCCC5C4CCC3C21. The molecule has 140 valence electrons. The van der Waals surface area contributed by atoms with Crippen LogP contribution >= 0.6 is 0 Å². The van der Waals surface area contributed by atoms with Gasteiger partial charge in [-0.2, -0.15) is 0 Å². The molecule has 5 aliphatic carbocycles. The Kier molecular flexibility index (Phi) is 4.37. The molecular formula is C23H36O2. The minimum Gasteiger partial charge on any atom is -0.481 e. The van der Waals surface area contributed by atoms with Gasteiger partial charge in [0.15, 0.2) is 0 Å². The van der Waals surface area contributed by atoms with Crippen LogP contribution in [0.2, 0.25) is 0 Å². The summed E-state index contributed by atoms with van der Waals surface area (Å²) < 4.78 is 0. The Hall–Kier alpha value is -0.530. The van der Waals surface area contributed by atoms with Gasteiger partial charge in [0.25, 0.3) is 0 Å². The number of fused-ring (bicyclic) bond motifs is 7. The molecule has 0 heterocycles. The molecule has 0 radical (unpaired) electrons. The highest BCUT2D eigenvalue weighted by Crippen LogP contribution is 2.61. The first-order chi connectivity index (χ1) is 12.2. The van der Waals surface area contributed by atoms with Crippen molar-refractivity contribution in [3.05, 3.63) is 0 Å². The molecule has 2 heteroatoms. The van der Waals surface area contributed by atoms with E-state index in [4.69, 9.17) is 0 Å². The standard InChI is InChI=1S/C23H36O2/c24-23(25)21-7-3-5-15-9-11-19-18-10-8-14-4-1-2-6-16(14)17(18)12-13-20(19)22(15)21/h14-22H,1-13H2,(H,24,25). The first-order valence-electron chi connectivity index (χ1n) is 11.5. The number of carboxylic acid groups (broad SMARTS) is 1. The van der Waals surface area contributed by atoms with Crippen LogP contribution in [0.4, 0.5) is 0 Å². The van der Waals surface area contributed by atoms with Gasteiger partial charge >= 0.3 is 5.97 Å². The highest BCUT2D eigenvalue weighted by molar-refractivity contribution is 5.70. The van der Waals surface area contributed by atoms with Gasteiger partial charge < -0.3 is 5.11 Å². The number of carboxylic acids is 1. The first-order valence-corrected chi connectivity index (χ1v) is 11.5. The van der Waals surface area contributed by atoms with E-state index in [0.29, 0.717) is 5.92 Å². The lowest BCUT2D eigenvalue weighted by atomic mass is 9.47. The van der Waals surface area contributed by atoms with E-state index in [1.165, 1.54) is 70.6 Å². The quantitative estimate of drug-likeness (QED) is 0.657. The van der Waals surface area contributed by atoms with Gasteiger partial charge in [0.1, 0.15) is 0 Å². The van der Waals surface area contributed by atoms with Gasteiger partial charge in [-0.05, 0) is 98.7 Å². The van der Waals surface area contributed by atoms with E-state index in [1.54, 1.807) is 0 Å². The largest absolute Gasteiger partial charge is 0.481 e. The van der Waals surface area contributed by atoms with Crippen LogP contribution in [0.5, 0.6) is 0 Å². The van der Waals surface area contributed by atoms with Crippen molar-refractivity contribution < 1.29 is 9.90 Å². The van der Waals surface area contributed by atoms with Crippen LogP contribution in [0.15, 0.2) is 0 Å². The summed E-state index contributed by atoms with van der Waals surface area (Å²) >= 11 is 0. The van der Waals surface area contributed by atoms with Crippen molar-refractivity contribution in [2.75, 3.05) is 0 Å². The summed E-state index contributed by atoms with van der Waals surface area (Å²) in [5.41, 5.74) is 0. The third-order valence-corrected chi connectivity index (χ3v) is 9.65. The van der Waals surface area contributed by atoms with E-state index in [0.717, 1.165) is 54.3 Å². The zero-order valence-electron chi connectivity index (χ0n) is 15.7. The van der Waals surface area contributed by atoms with E-state index in [-0.39, 0.29) is 5.92 Å². The lowest BCUT2D eigenvalue weighted by molar-refractivity contribution is -0.153. The van der Waals surface area contributed by atoms with Crippen molar-refractivity contribution in [3.8, 4) is 0 Å². The second kappa shape index (κ2) is 6.57. The third kappa shape index (κ3) is 2.69. The van der Waals surface area contributed by atoms with Crippen LogP contribution in [0.3, 0.4) is 0 Å². The summed E-state index contributed by atoms with van der Waals surface area (Å²) in [5.74, 6) is 6.43. The van der Waals surface area contributed by atoms with Gasteiger partial charge in [-0.15, -0.1) is 0 Å². The zero-order valence-corrected chi connectivity index (χ0v) is 15.7. The molecule has 0 aromatic carbocycles. The van der Waals surface area contributed by atoms with Crippen LogP contribution in [-0.2, 0) is 4.79 Å². The maximum absolute atomic E-state index is 12.0. The fourth-order valence-electron chi connectivity index (χ4n) is 8.87. The number of hydrogen-bond donors (Lipinski definition) is 1. The van der Waals surface area contributed by atoms with Crippen molar-refractivity contribution >= 4 is 5.97 Å². The Morgan fingerprint density at radius 1 is 0.560 bits per heavy atom. The number of rotatable bonds is 1. The fourth-order valence-corrected chi connectivity index (χ4v) is 8.87. The monoisotopic (exact) mass is 344 g/mol. The van der Waals surface area contributed by atoms with Crippen molar-refractivity contribution in [3.63, 3.8) is 0 Å². The van der Waals surface area contributed by atoms with E-state index >= 15 is 0 Å². The molecule has 5 aliphatic rings. The average Bonchev–Trinajstić information content (AvgIpc) is 2.66. The molecule has 25 heavy (non-hydrogen) atoms. The molecule has 9 unspecified atom stereocenters. The summed E-state index contributed by atoms with van der Waals surface area (Å²) in [7, 11) is 0. The molecule has 2 nitrogen and oxygen atoms in total. The third-order valence-electron chi connectivity index (χ3n) is 9.65. The predicted octanol–water partition coefficient (Wildman–Crippen LogP) is 5.76. The number of carbonyl (C=O) groups is 1. The second-order valence-electron chi connectivity index (χ2n) is 10.3. The molecule has 5 rings (SSSR count). The van der Waals surface area contributed by atoms with E-state index in [9.17, 15) is 9.90 Å².